The molecular weight excluding hydrogens is 218 g/mol. The first-order chi connectivity index (χ1) is 8.22. The third-order valence-electron chi connectivity index (χ3n) is 2.31. The van der Waals surface area contributed by atoms with E-state index >= 15 is 0 Å². The summed E-state index contributed by atoms with van der Waals surface area (Å²) in [6.45, 7) is 3.17. The molecule has 0 aliphatic carbocycles. The molecule has 0 radical (unpaired) electrons. The highest BCUT2D eigenvalue weighted by molar-refractivity contribution is 5.75. The minimum Gasteiger partial charge on any atom is -0.359 e. The van der Waals surface area contributed by atoms with Gasteiger partial charge in [0.25, 0.3) is 0 Å². The Morgan fingerprint density at radius 2 is 1.94 bits per heavy atom. The predicted octanol–water partition coefficient (Wildman–Crippen LogP) is 1.62. The van der Waals surface area contributed by atoms with E-state index in [0.717, 1.165) is 5.56 Å². The van der Waals surface area contributed by atoms with Gasteiger partial charge in [0.2, 0.25) is 5.91 Å². The molecule has 4 heteroatoms. The second-order valence-corrected chi connectivity index (χ2v) is 3.78. The first-order valence-electron chi connectivity index (χ1n) is 5.64. The number of carbonyl (C=O) groups is 1. The molecule has 1 aromatic carbocycles. The van der Waals surface area contributed by atoms with Crippen molar-refractivity contribution in [3.05, 3.63) is 35.4 Å². The smallest absolute Gasteiger partial charge is 0.222 e. The molecule has 0 saturated heterocycles. The monoisotopic (exact) mass is 237 g/mol. The number of ether oxygens (including phenoxy) is 2. The van der Waals surface area contributed by atoms with Gasteiger partial charge in [0, 0.05) is 7.05 Å². The van der Waals surface area contributed by atoms with Crippen LogP contribution in [0, 0.1) is 6.92 Å². The number of carbonyl (C=O) groups excluding carboxylic acids is 1. The normalized spacial score (nSPS) is 10.2. The topological polar surface area (TPSA) is 47.6 Å². The second kappa shape index (κ2) is 7.81. The third-order valence-corrected chi connectivity index (χ3v) is 2.31. The SMILES string of the molecule is CNC(=O)CCOCOCc1ccc(C)cc1. The van der Waals surface area contributed by atoms with E-state index in [1.807, 2.05) is 31.2 Å². The Labute approximate surface area is 102 Å². The number of hydrogen-bond acceptors (Lipinski definition) is 3. The standard InChI is InChI=1S/C13H19NO3/c1-11-3-5-12(6-4-11)9-17-10-16-8-7-13(15)14-2/h3-6H,7-10H2,1-2H3,(H,14,15). The fraction of sp³-hybridized carbons (Fsp3) is 0.462. The lowest BCUT2D eigenvalue weighted by molar-refractivity contribution is -0.123. The maximum Gasteiger partial charge on any atom is 0.222 e. The first kappa shape index (κ1) is 13.7. The first-order valence-corrected chi connectivity index (χ1v) is 5.64. The van der Waals surface area contributed by atoms with Crippen molar-refractivity contribution in [1.82, 2.24) is 5.32 Å². The van der Waals surface area contributed by atoms with Crippen molar-refractivity contribution >= 4 is 5.91 Å². The average Bonchev–Trinajstić information content (AvgIpc) is 2.35. The van der Waals surface area contributed by atoms with Crippen LogP contribution >= 0.6 is 0 Å². The van der Waals surface area contributed by atoms with E-state index in [0.29, 0.717) is 19.6 Å². The summed E-state index contributed by atoms with van der Waals surface area (Å²) in [5.74, 6) is -0.0245. The van der Waals surface area contributed by atoms with E-state index in [1.54, 1.807) is 7.05 Å². The summed E-state index contributed by atoms with van der Waals surface area (Å²) in [5.41, 5.74) is 2.35. The Balaban J connectivity index is 2.04. The van der Waals surface area contributed by atoms with Crippen LogP contribution in [-0.4, -0.2) is 26.4 Å². The van der Waals surface area contributed by atoms with Crippen LogP contribution in [0.25, 0.3) is 0 Å². The van der Waals surface area contributed by atoms with Gasteiger partial charge < -0.3 is 14.8 Å². The fourth-order valence-electron chi connectivity index (χ4n) is 1.25. The van der Waals surface area contributed by atoms with Gasteiger partial charge in [0.15, 0.2) is 0 Å². The quantitative estimate of drug-likeness (QED) is 0.579. The minimum atomic E-state index is -0.0245. The van der Waals surface area contributed by atoms with E-state index in [1.165, 1.54) is 5.56 Å². The molecule has 0 spiro atoms. The van der Waals surface area contributed by atoms with Crippen LogP contribution in [0.3, 0.4) is 0 Å². The third kappa shape index (κ3) is 6.04. The summed E-state index contributed by atoms with van der Waals surface area (Å²) in [6, 6.07) is 8.15. The number of amides is 1. The van der Waals surface area contributed by atoms with Crippen molar-refractivity contribution in [2.75, 3.05) is 20.4 Å². The largest absolute Gasteiger partial charge is 0.359 e. The van der Waals surface area contributed by atoms with Crippen molar-refractivity contribution in [2.45, 2.75) is 20.0 Å². The Morgan fingerprint density at radius 3 is 2.59 bits per heavy atom. The summed E-state index contributed by atoms with van der Waals surface area (Å²) in [4.78, 5) is 10.9. The molecule has 0 aliphatic rings. The average molecular weight is 237 g/mol. The number of hydrogen-bond donors (Lipinski definition) is 1. The van der Waals surface area contributed by atoms with E-state index in [9.17, 15) is 4.79 Å². The highest BCUT2D eigenvalue weighted by atomic mass is 16.7. The molecule has 0 aliphatic heterocycles. The molecule has 17 heavy (non-hydrogen) atoms. The zero-order valence-corrected chi connectivity index (χ0v) is 10.4. The summed E-state index contributed by atoms with van der Waals surface area (Å²) in [6.07, 6.45) is 0.365. The van der Waals surface area contributed by atoms with Gasteiger partial charge in [-0.1, -0.05) is 29.8 Å². The van der Waals surface area contributed by atoms with Crippen LogP contribution in [0.2, 0.25) is 0 Å². The molecule has 4 nitrogen and oxygen atoms in total. The zero-order valence-electron chi connectivity index (χ0n) is 10.4. The van der Waals surface area contributed by atoms with Crippen LogP contribution in [0.5, 0.6) is 0 Å². The summed E-state index contributed by atoms with van der Waals surface area (Å²) in [7, 11) is 1.61. The maximum absolute atomic E-state index is 10.9. The van der Waals surface area contributed by atoms with E-state index in [-0.39, 0.29) is 12.7 Å². The lowest BCUT2D eigenvalue weighted by Crippen LogP contribution is -2.19. The molecule has 0 heterocycles. The van der Waals surface area contributed by atoms with Crippen molar-refractivity contribution in [3.63, 3.8) is 0 Å². The van der Waals surface area contributed by atoms with Crippen LogP contribution in [0.4, 0.5) is 0 Å². The van der Waals surface area contributed by atoms with Crippen LogP contribution in [0.1, 0.15) is 17.5 Å². The number of benzene rings is 1. The van der Waals surface area contributed by atoms with Crippen molar-refractivity contribution in [3.8, 4) is 0 Å². The Kier molecular flexibility index (Phi) is 6.29. The molecule has 0 saturated carbocycles. The van der Waals surface area contributed by atoms with Gasteiger partial charge in [-0.3, -0.25) is 4.79 Å². The van der Waals surface area contributed by atoms with Gasteiger partial charge in [-0.2, -0.15) is 0 Å². The second-order valence-electron chi connectivity index (χ2n) is 3.78. The maximum atomic E-state index is 10.9. The van der Waals surface area contributed by atoms with E-state index < -0.39 is 0 Å². The predicted molar refractivity (Wildman–Crippen MR) is 65.5 cm³/mol. The van der Waals surface area contributed by atoms with Crippen molar-refractivity contribution in [2.24, 2.45) is 0 Å². The van der Waals surface area contributed by atoms with Gasteiger partial charge in [-0.05, 0) is 12.5 Å². The van der Waals surface area contributed by atoms with Crippen molar-refractivity contribution < 1.29 is 14.3 Å². The van der Waals surface area contributed by atoms with Gasteiger partial charge in [0.1, 0.15) is 6.79 Å². The lowest BCUT2D eigenvalue weighted by Gasteiger charge is -2.06. The minimum absolute atomic E-state index is 0.0245. The molecule has 0 atom stereocenters. The number of rotatable bonds is 7. The van der Waals surface area contributed by atoms with Gasteiger partial charge >= 0.3 is 0 Å². The summed E-state index contributed by atoms with van der Waals surface area (Å²) >= 11 is 0. The molecule has 1 rings (SSSR count). The van der Waals surface area contributed by atoms with Gasteiger partial charge in [-0.15, -0.1) is 0 Å². The van der Waals surface area contributed by atoms with Gasteiger partial charge in [-0.25, -0.2) is 0 Å². The zero-order chi connectivity index (χ0) is 12.5. The van der Waals surface area contributed by atoms with Crippen LogP contribution < -0.4 is 5.32 Å². The number of nitrogens with one attached hydrogen (secondary N) is 1. The molecular formula is C13H19NO3. The summed E-state index contributed by atoms with van der Waals surface area (Å²) in [5, 5.41) is 2.53. The van der Waals surface area contributed by atoms with Crippen LogP contribution in [-0.2, 0) is 20.9 Å². The Bertz CT molecular complexity index is 335. The molecule has 0 unspecified atom stereocenters. The fourth-order valence-corrected chi connectivity index (χ4v) is 1.25. The molecule has 0 fully saturated rings. The van der Waals surface area contributed by atoms with E-state index in [2.05, 4.69) is 5.32 Å². The van der Waals surface area contributed by atoms with Crippen molar-refractivity contribution in [1.29, 1.82) is 0 Å². The van der Waals surface area contributed by atoms with Crippen LogP contribution in [0.15, 0.2) is 24.3 Å². The lowest BCUT2D eigenvalue weighted by atomic mass is 10.2. The molecule has 1 aromatic rings. The molecule has 94 valence electrons. The Morgan fingerprint density at radius 1 is 1.24 bits per heavy atom. The Hall–Kier alpha value is -1.39. The van der Waals surface area contributed by atoms with E-state index in [4.69, 9.17) is 9.47 Å². The summed E-state index contributed by atoms with van der Waals surface area (Å²) < 4.78 is 10.5. The molecule has 1 amide bonds. The molecule has 0 bridgehead atoms. The molecule has 1 N–H and O–H groups in total. The van der Waals surface area contributed by atoms with Gasteiger partial charge in [0.05, 0.1) is 19.6 Å². The molecule has 0 aromatic heterocycles. The number of aryl methyl sites for hydroxylation is 1. The highest BCUT2D eigenvalue weighted by Crippen LogP contribution is 2.04. The highest BCUT2D eigenvalue weighted by Gasteiger charge is 1.97.